The zero-order chi connectivity index (χ0) is 0. The van der Waals surface area contributed by atoms with Crippen molar-refractivity contribution >= 4 is 0 Å². The molecule has 0 unspecified atom stereocenters. The van der Waals surface area contributed by atoms with Gasteiger partial charge in [0, 0.05) is 51.2 Å². The van der Waals surface area contributed by atoms with Crippen LogP contribution < -0.4 is 0 Å². The van der Waals surface area contributed by atoms with Gasteiger partial charge >= 0.3 is 0 Å². The van der Waals surface area contributed by atoms with Gasteiger partial charge in [0.05, 0.1) is 0 Å². The standard InChI is InChI=1S/3Mn.4H2O/h;;;4*1H2. The monoisotopic (exact) mass is 237 g/mol. The molecule has 0 bridgehead atoms. The Kier molecular flexibility index (Phi) is 5200. The Morgan fingerprint density at radius 1 is 0.286 bits per heavy atom. The van der Waals surface area contributed by atoms with Crippen LogP contribution in [0.15, 0.2) is 0 Å². The number of hydrogen-bond acceptors (Lipinski definition) is 0. The third-order valence-electron chi connectivity index (χ3n) is 0. The summed E-state index contributed by atoms with van der Waals surface area (Å²) in [5.74, 6) is 0. The Bertz CT molecular complexity index is 6.90. The fraction of sp³-hybridized carbons (Fsp3) is 0. The van der Waals surface area contributed by atoms with E-state index in [2.05, 4.69) is 0 Å². The van der Waals surface area contributed by atoms with E-state index < -0.39 is 0 Å². The Morgan fingerprint density at radius 2 is 0.286 bits per heavy atom. The van der Waals surface area contributed by atoms with Crippen LogP contribution in [0.2, 0.25) is 0 Å². The molecule has 8 N–H and O–H groups in total. The maximum absolute atomic E-state index is 0. The van der Waals surface area contributed by atoms with Crippen LogP contribution in [0.4, 0.5) is 0 Å². The third-order valence-corrected chi connectivity index (χ3v) is 0. The van der Waals surface area contributed by atoms with E-state index in [1.807, 2.05) is 0 Å². The van der Waals surface area contributed by atoms with E-state index in [1.165, 1.54) is 0 Å². The summed E-state index contributed by atoms with van der Waals surface area (Å²) >= 11 is 0. The van der Waals surface area contributed by atoms with Crippen molar-refractivity contribution in [1.82, 2.24) is 0 Å². The Labute approximate surface area is 73.1 Å². The first-order valence-electron chi connectivity index (χ1n) is 0. The number of hydrogen-bond donors (Lipinski definition) is 0. The van der Waals surface area contributed by atoms with Gasteiger partial charge in [-0.15, -0.1) is 0 Å². The molecule has 3 radical (unpaired) electrons. The van der Waals surface area contributed by atoms with Crippen molar-refractivity contribution in [2.45, 2.75) is 0 Å². The second kappa shape index (κ2) is 155. The van der Waals surface area contributed by atoms with Gasteiger partial charge in [0.25, 0.3) is 0 Å². The topological polar surface area (TPSA) is 126 Å². The minimum atomic E-state index is 0. The van der Waals surface area contributed by atoms with Crippen LogP contribution in [-0.2, 0) is 51.2 Å². The average Bonchev–Trinajstić information content (AvgIpc) is 0. The molecule has 0 aromatic heterocycles. The van der Waals surface area contributed by atoms with Crippen molar-refractivity contribution in [3.8, 4) is 0 Å². The van der Waals surface area contributed by atoms with Gasteiger partial charge in [-0.2, -0.15) is 0 Å². The second-order valence-electron chi connectivity index (χ2n) is 0. The largest absolute Gasteiger partial charge is 0.412 e. The molecule has 0 saturated carbocycles. The molecular formula is H8Mn3O4. The van der Waals surface area contributed by atoms with Gasteiger partial charge in [-0.3, -0.25) is 0 Å². The van der Waals surface area contributed by atoms with Crippen molar-refractivity contribution in [3.63, 3.8) is 0 Å². The van der Waals surface area contributed by atoms with Crippen LogP contribution >= 0.6 is 0 Å². The van der Waals surface area contributed by atoms with Crippen LogP contribution in [0.5, 0.6) is 0 Å². The van der Waals surface area contributed by atoms with E-state index in [-0.39, 0.29) is 73.1 Å². The Hall–Kier alpha value is 1.40. The van der Waals surface area contributed by atoms with Crippen molar-refractivity contribution in [1.29, 1.82) is 0 Å². The van der Waals surface area contributed by atoms with Crippen molar-refractivity contribution in [2.75, 3.05) is 0 Å². The van der Waals surface area contributed by atoms with Crippen LogP contribution in [-0.4, -0.2) is 21.9 Å². The summed E-state index contributed by atoms with van der Waals surface area (Å²) in [6, 6.07) is 0. The molecule has 0 rings (SSSR count). The molecule has 0 aliphatic carbocycles. The van der Waals surface area contributed by atoms with E-state index in [0.717, 1.165) is 0 Å². The van der Waals surface area contributed by atoms with Crippen LogP contribution in [0.25, 0.3) is 0 Å². The summed E-state index contributed by atoms with van der Waals surface area (Å²) in [6.45, 7) is 0. The summed E-state index contributed by atoms with van der Waals surface area (Å²) < 4.78 is 0. The zero-order valence-electron chi connectivity index (χ0n) is 3.13. The minimum absolute atomic E-state index is 0. The van der Waals surface area contributed by atoms with E-state index >= 15 is 0 Å². The first-order valence-corrected chi connectivity index (χ1v) is 0. The first kappa shape index (κ1) is 235. The SMILES string of the molecule is O.O.O.O.[Mn].[Mn].[Mn]. The summed E-state index contributed by atoms with van der Waals surface area (Å²) in [7, 11) is 0. The molecule has 0 aromatic carbocycles. The predicted molar refractivity (Wildman–Crippen MR) is 14.5 cm³/mol. The van der Waals surface area contributed by atoms with Gasteiger partial charge in [-0.05, 0) is 0 Å². The molecule has 0 spiro atoms. The van der Waals surface area contributed by atoms with Gasteiger partial charge in [0.2, 0.25) is 0 Å². The number of rotatable bonds is 0. The van der Waals surface area contributed by atoms with Crippen LogP contribution in [0, 0.1) is 0 Å². The maximum atomic E-state index is 0. The zero-order valence-corrected chi connectivity index (χ0v) is 6.68. The average molecular weight is 237 g/mol. The van der Waals surface area contributed by atoms with Gasteiger partial charge in [0.15, 0.2) is 0 Å². The minimum Gasteiger partial charge on any atom is -0.412 e. The molecule has 0 aromatic rings. The van der Waals surface area contributed by atoms with Crippen molar-refractivity contribution in [2.24, 2.45) is 0 Å². The molecule has 0 amide bonds. The van der Waals surface area contributed by atoms with Crippen LogP contribution in [0.3, 0.4) is 0 Å². The van der Waals surface area contributed by atoms with Gasteiger partial charge in [0.1, 0.15) is 0 Å². The summed E-state index contributed by atoms with van der Waals surface area (Å²) in [5, 5.41) is 0. The van der Waals surface area contributed by atoms with E-state index in [9.17, 15) is 0 Å². The third kappa shape index (κ3) is 110. The molecule has 0 atom stereocenters. The Balaban J connectivity index is 0. The molecule has 7 heteroatoms. The van der Waals surface area contributed by atoms with E-state index in [0.29, 0.717) is 0 Å². The van der Waals surface area contributed by atoms with Crippen molar-refractivity contribution in [3.05, 3.63) is 0 Å². The molecule has 0 saturated heterocycles. The van der Waals surface area contributed by atoms with Gasteiger partial charge in [-0.1, -0.05) is 0 Å². The molecular weight excluding hydrogens is 229 g/mol. The molecule has 7 heavy (non-hydrogen) atoms. The molecule has 4 nitrogen and oxygen atoms in total. The summed E-state index contributed by atoms with van der Waals surface area (Å²) in [6.07, 6.45) is 0. The fourth-order valence-electron chi connectivity index (χ4n) is 0. The fourth-order valence-corrected chi connectivity index (χ4v) is 0. The summed E-state index contributed by atoms with van der Waals surface area (Å²) in [4.78, 5) is 0. The second-order valence-corrected chi connectivity index (χ2v) is 0. The molecule has 0 heterocycles. The molecule has 53 valence electrons. The van der Waals surface area contributed by atoms with E-state index in [1.54, 1.807) is 0 Å². The van der Waals surface area contributed by atoms with Gasteiger partial charge in [-0.25, -0.2) is 0 Å². The maximum Gasteiger partial charge on any atom is 0 e. The summed E-state index contributed by atoms with van der Waals surface area (Å²) in [5.41, 5.74) is 0. The quantitative estimate of drug-likeness (QED) is 0.391. The predicted octanol–water partition coefficient (Wildman–Crippen LogP) is -3.31. The van der Waals surface area contributed by atoms with E-state index in [4.69, 9.17) is 0 Å². The normalized spacial score (nSPS) is 0. The Morgan fingerprint density at radius 3 is 0.286 bits per heavy atom. The smallest absolute Gasteiger partial charge is 0 e. The molecule has 0 aliphatic heterocycles. The van der Waals surface area contributed by atoms with Crippen molar-refractivity contribution < 1.29 is 73.1 Å². The molecule has 0 aliphatic rings. The van der Waals surface area contributed by atoms with Gasteiger partial charge < -0.3 is 21.9 Å². The van der Waals surface area contributed by atoms with Crippen LogP contribution in [0.1, 0.15) is 0 Å². The first-order chi connectivity index (χ1) is 0. The molecule has 0 fully saturated rings.